The van der Waals surface area contributed by atoms with Crippen LogP contribution in [-0.2, 0) is 19.0 Å². The second kappa shape index (κ2) is 22.0. The van der Waals surface area contributed by atoms with Gasteiger partial charge in [0.25, 0.3) is 0 Å². The molecule has 0 aliphatic carbocycles. The van der Waals surface area contributed by atoms with Crippen LogP contribution in [0.1, 0.15) is 65.2 Å². The molecule has 148 valence electrons. The summed E-state index contributed by atoms with van der Waals surface area (Å²) in [5.74, 6) is -0.293. The fourth-order valence-electron chi connectivity index (χ4n) is 2.48. The molecule has 0 aromatic rings. The van der Waals surface area contributed by atoms with Gasteiger partial charge in [-0.2, -0.15) is 0 Å². The summed E-state index contributed by atoms with van der Waals surface area (Å²) in [7, 11) is 0. The molecule has 0 N–H and O–H groups in total. The van der Waals surface area contributed by atoms with Gasteiger partial charge in [-0.25, -0.2) is 0 Å². The van der Waals surface area contributed by atoms with E-state index in [1.54, 1.807) is 6.08 Å². The van der Waals surface area contributed by atoms with E-state index in [0.717, 1.165) is 18.8 Å². The van der Waals surface area contributed by atoms with Gasteiger partial charge >= 0.3 is 51.4 Å². The van der Waals surface area contributed by atoms with Crippen LogP contribution < -0.4 is 56.5 Å². The second-order valence-electron chi connectivity index (χ2n) is 6.79. The number of hydrogen-bond donors (Lipinski definition) is 0. The van der Waals surface area contributed by atoms with Crippen LogP contribution in [0.25, 0.3) is 0 Å². The molecule has 0 aliphatic heterocycles. The SMILES string of the molecule is C=CCOCC(CCCCCCCC(C)C)OCCOCCC(=O)[O-].[K+]. The van der Waals surface area contributed by atoms with Gasteiger partial charge in [0.05, 0.1) is 39.1 Å². The maximum atomic E-state index is 10.3. The number of carboxylic acids is 1. The number of unbranched alkanes of at least 4 members (excludes halogenated alkanes) is 4. The predicted octanol–water partition coefficient (Wildman–Crippen LogP) is 0.122. The first-order chi connectivity index (χ1) is 12.1. The Kier molecular flexibility index (Phi) is 24.5. The van der Waals surface area contributed by atoms with Gasteiger partial charge in [-0.15, -0.1) is 6.58 Å². The molecule has 6 heteroatoms. The van der Waals surface area contributed by atoms with Crippen molar-refractivity contribution in [2.75, 3.05) is 33.0 Å². The Balaban J connectivity index is 0. The van der Waals surface area contributed by atoms with Gasteiger partial charge in [-0.05, 0) is 12.3 Å². The van der Waals surface area contributed by atoms with E-state index >= 15 is 0 Å². The number of carbonyl (C=O) groups is 1. The van der Waals surface area contributed by atoms with Crippen molar-refractivity contribution in [3.63, 3.8) is 0 Å². The van der Waals surface area contributed by atoms with Gasteiger partial charge in [-0.1, -0.05) is 58.4 Å². The summed E-state index contributed by atoms with van der Waals surface area (Å²) < 4.78 is 16.5. The molecule has 0 spiro atoms. The van der Waals surface area contributed by atoms with Crippen molar-refractivity contribution in [3.05, 3.63) is 12.7 Å². The summed E-state index contributed by atoms with van der Waals surface area (Å²) in [4.78, 5) is 10.3. The third-order valence-corrected chi connectivity index (χ3v) is 3.88. The second-order valence-corrected chi connectivity index (χ2v) is 6.79. The Morgan fingerprint density at radius 2 is 1.65 bits per heavy atom. The third kappa shape index (κ3) is 22.8. The number of hydrogen-bond acceptors (Lipinski definition) is 5. The molecule has 0 aromatic carbocycles. The maximum absolute atomic E-state index is 10.3. The van der Waals surface area contributed by atoms with Crippen LogP contribution in [0.2, 0.25) is 0 Å². The van der Waals surface area contributed by atoms with Crippen molar-refractivity contribution >= 4 is 5.97 Å². The molecule has 26 heavy (non-hydrogen) atoms. The van der Waals surface area contributed by atoms with Crippen molar-refractivity contribution in [3.8, 4) is 0 Å². The van der Waals surface area contributed by atoms with Crippen LogP contribution in [0.3, 0.4) is 0 Å². The van der Waals surface area contributed by atoms with Gasteiger partial charge in [0.1, 0.15) is 0 Å². The molecule has 0 saturated heterocycles. The van der Waals surface area contributed by atoms with Crippen molar-refractivity contribution in [2.45, 2.75) is 71.3 Å². The van der Waals surface area contributed by atoms with Gasteiger partial charge in [0.2, 0.25) is 0 Å². The summed E-state index contributed by atoms with van der Waals surface area (Å²) in [6, 6.07) is 0. The van der Waals surface area contributed by atoms with Crippen LogP contribution in [0.5, 0.6) is 0 Å². The molecule has 0 rings (SSSR count). The van der Waals surface area contributed by atoms with Crippen LogP contribution in [-0.4, -0.2) is 45.1 Å². The van der Waals surface area contributed by atoms with Crippen LogP contribution >= 0.6 is 0 Å². The molecule has 0 fully saturated rings. The fraction of sp³-hybridized carbons (Fsp3) is 0.850. The molecule has 5 nitrogen and oxygen atoms in total. The van der Waals surface area contributed by atoms with Crippen molar-refractivity contribution in [1.82, 2.24) is 0 Å². The first kappa shape index (κ1) is 28.9. The van der Waals surface area contributed by atoms with E-state index in [2.05, 4.69) is 20.4 Å². The minimum Gasteiger partial charge on any atom is -0.550 e. The van der Waals surface area contributed by atoms with E-state index in [-0.39, 0.29) is 70.5 Å². The Morgan fingerprint density at radius 1 is 1.00 bits per heavy atom. The smallest absolute Gasteiger partial charge is 0.550 e. The monoisotopic (exact) mass is 396 g/mol. The molecular weight excluding hydrogens is 359 g/mol. The third-order valence-electron chi connectivity index (χ3n) is 3.88. The zero-order valence-electron chi connectivity index (χ0n) is 17.2. The summed E-state index contributed by atoms with van der Waals surface area (Å²) in [6.45, 7) is 10.3. The molecule has 0 aromatic heterocycles. The minimum absolute atomic E-state index is 0. The van der Waals surface area contributed by atoms with E-state index in [4.69, 9.17) is 14.2 Å². The average molecular weight is 397 g/mol. The number of rotatable bonds is 19. The number of aliphatic carboxylic acids is 1. The zero-order valence-corrected chi connectivity index (χ0v) is 20.3. The minimum atomic E-state index is -1.09. The van der Waals surface area contributed by atoms with E-state index in [1.807, 2.05) is 0 Å². The number of carbonyl (C=O) groups excluding carboxylic acids is 1. The molecule has 1 atom stereocenters. The van der Waals surface area contributed by atoms with Crippen LogP contribution in [0.15, 0.2) is 12.7 Å². The van der Waals surface area contributed by atoms with Crippen LogP contribution in [0.4, 0.5) is 0 Å². The molecule has 0 amide bonds. The molecule has 0 saturated carbocycles. The Hall–Kier alpha value is 0.726. The fourth-order valence-corrected chi connectivity index (χ4v) is 2.48. The normalized spacial score (nSPS) is 12.0. The quantitative estimate of drug-likeness (QED) is 0.176. The van der Waals surface area contributed by atoms with E-state index in [9.17, 15) is 9.90 Å². The topological polar surface area (TPSA) is 67.8 Å². The summed E-state index contributed by atoms with van der Waals surface area (Å²) in [6.07, 6.45) is 10.3. The Labute approximate surface area is 202 Å². The average Bonchev–Trinajstić information content (AvgIpc) is 2.56. The van der Waals surface area contributed by atoms with Gasteiger partial charge in [-0.3, -0.25) is 0 Å². The molecule has 0 bridgehead atoms. The Morgan fingerprint density at radius 3 is 2.27 bits per heavy atom. The molecule has 0 heterocycles. The van der Waals surface area contributed by atoms with Crippen molar-refractivity contribution < 1.29 is 75.5 Å². The predicted molar refractivity (Wildman–Crippen MR) is 98.4 cm³/mol. The van der Waals surface area contributed by atoms with E-state index in [0.29, 0.717) is 26.4 Å². The number of carboxylic acid groups (broad SMARTS) is 1. The summed E-state index contributed by atoms with van der Waals surface area (Å²) >= 11 is 0. The first-order valence-corrected chi connectivity index (χ1v) is 9.64. The van der Waals surface area contributed by atoms with E-state index < -0.39 is 5.97 Å². The summed E-state index contributed by atoms with van der Waals surface area (Å²) in [5.41, 5.74) is 0. The standard InChI is InChI=1S/C20H38O5.K/c1-4-13-24-17-19(25-16-15-23-14-12-20(21)22)11-9-7-5-6-8-10-18(2)3;/h4,18-19H,1,5-17H2,2-3H3,(H,21,22);/q;+1/p-1. The van der Waals surface area contributed by atoms with Gasteiger partial charge < -0.3 is 24.1 Å². The largest absolute Gasteiger partial charge is 1.00 e. The van der Waals surface area contributed by atoms with Gasteiger partial charge in [0.15, 0.2) is 0 Å². The molecule has 0 radical (unpaired) electrons. The van der Waals surface area contributed by atoms with E-state index in [1.165, 1.54) is 32.1 Å². The molecule has 0 aliphatic rings. The zero-order chi connectivity index (χ0) is 18.8. The van der Waals surface area contributed by atoms with Crippen molar-refractivity contribution in [1.29, 1.82) is 0 Å². The maximum Gasteiger partial charge on any atom is 1.00 e. The number of ether oxygens (including phenoxy) is 3. The first-order valence-electron chi connectivity index (χ1n) is 9.64. The van der Waals surface area contributed by atoms with Crippen LogP contribution in [0, 0.1) is 5.92 Å². The Bertz CT molecular complexity index is 323. The molecule has 1 unspecified atom stereocenters. The summed E-state index contributed by atoms with van der Waals surface area (Å²) in [5, 5.41) is 10.3. The van der Waals surface area contributed by atoms with Crippen molar-refractivity contribution in [2.24, 2.45) is 5.92 Å². The molecular formula is C20H37KO5. The van der Waals surface area contributed by atoms with Gasteiger partial charge in [0, 0.05) is 12.4 Å².